The maximum atomic E-state index is 6.31. The van der Waals surface area contributed by atoms with Gasteiger partial charge in [-0.2, -0.15) is 0 Å². The van der Waals surface area contributed by atoms with Crippen LogP contribution in [-0.4, -0.2) is 14.2 Å². The number of hydrogen-bond donors (Lipinski definition) is 1. The summed E-state index contributed by atoms with van der Waals surface area (Å²) in [5, 5.41) is 4.90. The van der Waals surface area contributed by atoms with Gasteiger partial charge >= 0.3 is 0 Å². The van der Waals surface area contributed by atoms with Gasteiger partial charge < -0.3 is 10.1 Å². The summed E-state index contributed by atoms with van der Waals surface area (Å²) in [7, 11) is 3.47. The van der Waals surface area contributed by atoms with E-state index >= 15 is 0 Å². The number of rotatable bonds is 4. The molecule has 0 aliphatic rings. The van der Waals surface area contributed by atoms with Crippen LogP contribution < -0.4 is 10.1 Å². The van der Waals surface area contributed by atoms with Gasteiger partial charge in [-0.05, 0) is 36.9 Å². The Balaban J connectivity index is 2.58. The molecule has 0 spiro atoms. The Hall–Kier alpha value is -0.930. The van der Waals surface area contributed by atoms with Crippen molar-refractivity contribution in [3.8, 4) is 5.75 Å². The first-order chi connectivity index (χ1) is 9.58. The Bertz CT molecular complexity index is 616. The zero-order valence-corrected chi connectivity index (χ0v) is 13.4. The van der Waals surface area contributed by atoms with Gasteiger partial charge in [0, 0.05) is 10.6 Å². The Morgan fingerprint density at radius 3 is 2.45 bits per heavy atom. The lowest BCUT2D eigenvalue weighted by Crippen LogP contribution is -2.19. The molecule has 1 unspecified atom stereocenters. The molecule has 2 nitrogen and oxygen atoms in total. The van der Waals surface area contributed by atoms with Crippen LogP contribution in [0.25, 0.3) is 0 Å². The highest BCUT2D eigenvalue weighted by molar-refractivity contribution is 6.42. The quantitative estimate of drug-likeness (QED) is 0.855. The van der Waals surface area contributed by atoms with Gasteiger partial charge in [0.15, 0.2) is 0 Å². The van der Waals surface area contributed by atoms with Crippen molar-refractivity contribution in [2.75, 3.05) is 14.2 Å². The second-order valence-electron chi connectivity index (χ2n) is 4.25. The molecule has 0 saturated carbocycles. The lowest BCUT2D eigenvalue weighted by atomic mass is 9.98. The van der Waals surface area contributed by atoms with Crippen LogP contribution in [0.5, 0.6) is 5.75 Å². The van der Waals surface area contributed by atoms with Crippen LogP contribution in [0.15, 0.2) is 36.4 Å². The SMILES string of the molecule is CNC(c1cc(Cl)ccc1OC)c1cccc(Cl)c1Cl. The van der Waals surface area contributed by atoms with E-state index in [4.69, 9.17) is 39.5 Å². The number of hydrogen-bond acceptors (Lipinski definition) is 2. The molecule has 0 saturated heterocycles. The zero-order valence-electron chi connectivity index (χ0n) is 11.1. The summed E-state index contributed by atoms with van der Waals surface area (Å²) in [6.07, 6.45) is 0. The van der Waals surface area contributed by atoms with Gasteiger partial charge in [-0.1, -0.05) is 46.9 Å². The fraction of sp³-hybridized carbons (Fsp3) is 0.200. The predicted molar refractivity (Wildman–Crippen MR) is 85.4 cm³/mol. The van der Waals surface area contributed by atoms with Crippen molar-refractivity contribution in [3.63, 3.8) is 0 Å². The zero-order chi connectivity index (χ0) is 14.7. The molecular weight excluding hydrogens is 317 g/mol. The number of methoxy groups -OCH3 is 1. The summed E-state index contributed by atoms with van der Waals surface area (Å²) < 4.78 is 5.40. The molecular formula is C15H14Cl3NO. The van der Waals surface area contributed by atoms with Crippen LogP contribution in [0.1, 0.15) is 17.2 Å². The minimum absolute atomic E-state index is 0.158. The summed E-state index contributed by atoms with van der Waals surface area (Å²) in [6.45, 7) is 0. The van der Waals surface area contributed by atoms with E-state index in [0.717, 1.165) is 16.9 Å². The minimum atomic E-state index is -0.158. The van der Waals surface area contributed by atoms with Crippen molar-refractivity contribution in [3.05, 3.63) is 62.6 Å². The van der Waals surface area contributed by atoms with Crippen LogP contribution >= 0.6 is 34.8 Å². The third kappa shape index (κ3) is 3.04. The summed E-state index contributed by atoms with van der Waals surface area (Å²) in [6, 6.07) is 10.9. The Labute approximate surface area is 133 Å². The molecule has 0 aliphatic heterocycles. The molecule has 2 rings (SSSR count). The second kappa shape index (κ2) is 6.68. The number of ether oxygens (including phenoxy) is 1. The van der Waals surface area contributed by atoms with Gasteiger partial charge in [-0.25, -0.2) is 0 Å². The standard InChI is InChI=1S/C15H14Cl3NO/c1-19-15(10-4-3-5-12(17)14(10)18)11-8-9(16)6-7-13(11)20-2/h3-8,15,19H,1-2H3. The Kier molecular flexibility index (Phi) is 5.17. The number of benzene rings is 2. The largest absolute Gasteiger partial charge is 0.496 e. The van der Waals surface area contributed by atoms with E-state index in [1.807, 2.05) is 31.3 Å². The summed E-state index contributed by atoms with van der Waals surface area (Å²) in [5.74, 6) is 0.741. The highest BCUT2D eigenvalue weighted by atomic mass is 35.5. The van der Waals surface area contributed by atoms with Crippen molar-refractivity contribution < 1.29 is 4.74 Å². The molecule has 2 aromatic rings. The molecule has 2 aromatic carbocycles. The average Bonchev–Trinajstić information content (AvgIpc) is 2.44. The third-order valence-corrected chi connectivity index (χ3v) is 4.15. The topological polar surface area (TPSA) is 21.3 Å². The molecule has 0 radical (unpaired) electrons. The molecule has 0 amide bonds. The van der Waals surface area contributed by atoms with E-state index in [1.54, 1.807) is 19.2 Å². The molecule has 0 fully saturated rings. The molecule has 5 heteroatoms. The van der Waals surface area contributed by atoms with E-state index in [0.29, 0.717) is 15.1 Å². The van der Waals surface area contributed by atoms with Crippen LogP contribution in [0, 0.1) is 0 Å². The van der Waals surface area contributed by atoms with Crippen molar-refractivity contribution in [1.29, 1.82) is 0 Å². The van der Waals surface area contributed by atoms with Gasteiger partial charge in [-0.3, -0.25) is 0 Å². The average molecular weight is 331 g/mol. The van der Waals surface area contributed by atoms with Gasteiger partial charge in [0.25, 0.3) is 0 Å². The lowest BCUT2D eigenvalue weighted by molar-refractivity contribution is 0.405. The van der Waals surface area contributed by atoms with E-state index in [2.05, 4.69) is 5.32 Å². The highest BCUT2D eigenvalue weighted by Gasteiger charge is 2.20. The molecule has 1 N–H and O–H groups in total. The van der Waals surface area contributed by atoms with Gasteiger partial charge in [-0.15, -0.1) is 0 Å². The first-order valence-electron chi connectivity index (χ1n) is 6.03. The van der Waals surface area contributed by atoms with Gasteiger partial charge in [0.2, 0.25) is 0 Å². The summed E-state index contributed by atoms with van der Waals surface area (Å²) in [5.41, 5.74) is 1.79. The second-order valence-corrected chi connectivity index (χ2v) is 5.47. The van der Waals surface area contributed by atoms with Crippen molar-refractivity contribution >= 4 is 34.8 Å². The maximum absolute atomic E-state index is 6.31. The third-order valence-electron chi connectivity index (χ3n) is 3.08. The van der Waals surface area contributed by atoms with Crippen LogP contribution in [0.2, 0.25) is 15.1 Å². The fourth-order valence-corrected chi connectivity index (χ4v) is 2.75. The smallest absolute Gasteiger partial charge is 0.124 e. The molecule has 0 bridgehead atoms. The first kappa shape index (κ1) is 15.5. The van der Waals surface area contributed by atoms with Crippen molar-refractivity contribution in [2.24, 2.45) is 0 Å². The first-order valence-corrected chi connectivity index (χ1v) is 7.16. The van der Waals surface area contributed by atoms with Crippen LogP contribution in [0.4, 0.5) is 0 Å². The molecule has 0 heterocycles. The van der Waals surface area contributed by atoms with Crippen LogP contribution in [0.3, 0.4) is 0 Å². The van der Waals surface area contributed by atoms with Crippen molar-refractivity contribution in [2.45, 2.75) is 6.04 Å². The summed E-state index contributed by atoms with van der Waals surface area (Å²) >= 11 is 18.5. The van der Waals surface area contributed by atoms with Crippen LogP contribution in [-0.2, 0) is 0 Å². The Morgan fingerprint density at radius 1 is 1.05 bits per heavy atom. The molecule has 20 heavy (non-hydrogen) atoms. The Morgan fingerprint density at radius 2 is 1.80 bits per heavy atom. The van der Waals surface area contributed by atoms with E-state index in [1.165, 1.54) is 0 Å². The minimum Gasteiger partial charge on any atom is -0.496 e. The summed E-state index contributed by atoms with van der Waals surface area (Å²) in [4.78, 5) is 0. The van der Waals surface area contributed by atoms with E-state index in [9.17, 15) is 0 Å². The number of halogens is 3. The molecule has 106 valence electrons. The predicted octanol–water partition coefficient (Wildman–Crippen LogP) is 4.96. The van der Waals surface area contributed by atoms with E-state index in [-0.39, 0.29) is 6.04 Å². The normalized spacial score (nSPS) is 12.2. The molecule has 0 aliphatic carbocycles. The fourth-order valence-electron chi connectivity index (χ4n) is 2.15. The van der Waals surface area contributed by atoms with Crippen molar-refractivity contribution in [1.82, 2.24) is 5.32 Å². The van der Waals surface area contributed by atoms with Gasteiger partial charge in [0.1, 0.15) is 5.75 Å². The molecule has 0 aromatic heterocycles. The monoisotopic (exact) mass is 329 g/mol. The lowest BCUT2D eigenvalue weighted by Gasteiger charge is -2.21. The highest BCUT2D eigenvalue weighted by Crippen LogP contribution is 2.37. The number of nitrogens with one attached hydrogen (secondary N) is 1. The van der Waals surface area contributed by atoms with Gasteiger partial charge in [0.05, 0.1) is 23.2 Å². The molecule has 1 atom stereocenters. The maximum Gasteiger partial charge on any atom is 0.124 e. The van der Waals surface area contributed by atoms with E-state index < -0.39 is 0 Å².